The second-order valence-electron chi connectivity index (χ2n) is 4.21. The summed E-state index contributed by atoms with van der Waals surface area (Å²) in [6, 6.07) is 9.94. The second-order valence-corrected chi connectivity index (χ2v) is 5.12. The summed E-state index contributed by atoms with van der Waals surface area (Å²) >= 11 is 3.42. The summed E-state index contributed by atoms with van der Waals surface area (Å²) in [5.74, 6) is 1.35. The van der Waals surface area contributed by atoms with E-state index >= 15 is 0 Å². The number of halogens is 1. The molecule has 0 spiro atoms. The molecular weight excluding hydrogens is 292 g/mol. The highest BCUT2D eigenvalue weighted by atomic mass is 79.9. The minimum atomic E-state index is -0.0354. The van der Waals surface area contributed by atoms with Crippen LogP contribution in [-0.2, 0) is 0 Å². The average Bonchev–Trinajstić information content (AvgIpc) is 2.28. The summed E-state index contributed by atoms with van der Waals surface area (Å²) in [7, 11) is 0. The van der Waals surface area contributed by atoms with Crippen LogP contribution in [0.3, 0.4) is 0 Å². The molecule has 1 aromatic carbocycles. The fourth-order valence-electron chi connectivity index (χ4n) is 1.73. The van der Waals surface area contributed by atoms with Crippen LogP contribution in [0.4, 0.5) is 0 Å². The summed E-state index contributed by atoms with van der Waals surface area (Å²) < 4.78 is 6.90. The third-order valence-electron chi connectivity index (χ3n) is 2.58. The van der Waals surface area contributed by atoms with Gasteiger partial charge in [0.15, 0.2) is 0 Å². The number of aryl methyl sites for hydroxylation is 2. The maximum absolute atomic E-state index is 5.84. The first-order valence-corrected chi connectivity index (χ1v) is 6.58. The number of hydrogen-bond donors (Lipinski definition) is 0. The number of hydrogen-bond acceptors (Lipinski definition) is 3. The van der Waals surface area contributed by atoms with Gasteiger partial charge in [0.2, 0.25) is 5.88 Å². The molecule has 0 aliphatic heterocycles. The molecule has 2 aromatic rings. The van der Waals surface area contributed by atoms with E-state index in [4.69, 9.17) is 4.74 Å². The zero-order valence-corrected chi connectivity index (χ0v) is 12.2. The number of benzene rings is 1. The molecule has 0 N–H and O–H groups in total. The monoisotopic (exact) mass is 306 g/mol. The standard InChI is InChI=1S/C14H15BrN2O/c1-9-8-14(17-11(3)16-9)18-10(2)12-4-6-13(15)7-5-12/h4-8,10H,1-3H3/t10-/m0/s1. The Labute approximate surface area is 115 Å². The van der Waals surface area contributed by atoms with Crippen LogP contribution in [0.25, 0.3) is 0 Å². The Bertz CT molecular complexity index is 520. The lowest BCUT2D eigenvalue weighted by molar-refractivity contribution is 0.216. The molecule has 18 heavy (non-hydrogen) atoms. The van der Waals surface area contributed by atoms with Crippen LogP contribution in [0.1, 0.15) is 30.1 Å². The van der Waals surface area contributed by atoms with Crippen molar-refractivity contribution in [2.75, 3.05) is 0 Å². The van der Waals surface area contributed by atoms with Gasteiger partial charge in [-0.15, -0.1) is 0 Å². The van der Waals surface area contributed by atoms with Crippen molar-refractivity contribution in [1.29, 1.82) is 0 Å². The minimum absolute atomic E-state index is 0.0354. The molecule has 3 nitrogen and oxygen atoms in total. The fraction of sp³-hybridized carbons (Fsp3) is 0.286. The molecule has 0 saturated heterocycles. The van der Waals surface area contributed by atoms with E-state index in [1.807, 2.05) is 51.1 Å². The summed E-state index contributed by atoms with van der Waals surface area (Å²) in [5, 5.41) is 0. The molecule has 2 rings (SSSR count). The molecule has 1 atom stereocenters. The molecule has 0 fully saturated rings. The van der Waals surface area contributed by atoms with Gasteiger partial charge in [-0.05, 0) is 38.5 Å². The summed E-state index contributed by atoms with van der Waals surface area (Å²) in [6.07, 6.45) is -0.0354. The van der Waals surface area contributed by atoms with Crippen molar-refractivity contribution in [3.8, 4) is 5.88 Å². The van der Waals surface area contributed by atoms with E-state index in [1.54, 1.807) is 0 Å². The van der Waals surface area contributed by atoms with E-state index in [9.17, 15) is 0 Å². The summed E-state index contributed by atoms with van der Waals surface area (Å²) in [4.78, 5) is 8.50. The van der Waals surface area contributed by atoms with E-state index in [-0.39, 0.29) is 6.10 Å². The molecule has 1 aromatic heterocycles. The maximum Gasteiger partial charge on any atom is 0.217 e. The third kappa shape index (κ3) is 3.29. The second kappa shape index (κ2) is 5.48. The predicted octanol–water partition coefficient (Wildman–Crippen LogP) is 4.00. The summed E-state index contributed by atoms with van der Waals surface area (Å²) in [5.41, 5.74) is 2.03. The van der Waals surface area contributed by atoms with Crippen molar-refractivity contribution in [1.82, 2.24) is 9.97 Å². The molecule has 0 radical (unpaired) electrons. The van der Waals surface area contributed by atoms with E-state index in [1.165, 1.54) is 0 Å². The maximum atomic E-state index is 5.84. The Morgan fingerprint density at radius 1 is 1.11 bits per heavy atom. The van der Waals surface area contributed by atoms with E-state index in [0.717, 1.165) is 21.6 Å². The highest BCUT2D eigenvalue weighted by Gasteiger charge is 2.09. The average molecular weight is 307 g/mol. The van der Waals surface area contributed by atoms with Crippen LogP contribution in [0.5, 0.6) is 5.88 Å². The van der Waals surface area contributed by atoms with Gasteiger partial charge in [-0.3, -0.25) is 0 Å². The first kappa shape index (κ1) is 13.0. The number of ether oxygens (including phenoxy) is 1. The molecule has 0 aliphatic rings. The van der Waals surface area contributed by atoms with E-state index in [2.05, 4.69) is 25.9 Å². The zero-order chi connectivity index (χ0) is 13.1. The predicted molar refractivity (Wildman–Crippen MR) is 74.7 cm³/mol. The molecule has 0 aliphatic carbocycles. The normalized spacial score (nSPS) is 12.2. The highest BCUT2D eigenvalue weighted by Crippen LogP contribution is 2.22. The number of nitrogens with zero attached hydrogens (tertiary/aromatic N) is 2. The van der Waals surface area contributed by atoms with Crippen LogP contribution in [0.15, 0.2) is 34.8 Å². The number of rotatable bonds is 3. The van der Waals surface area contributed by atoms with Crippen LogP contribution in [0.2, 0.25) is 0 Å². The van der Waals surface area contributed by atoms with Crippen molar-refractivity contribution in [2.45, 2.75) is 26.9 Å². The summed E-state index contributed by atoms with van der Waals surface area (Å²) in [6.45, 7) is 5.81. The van der Waals surface area contributed by atoms with Gasteiger partial charge >= 0.3 is 0 Å². The van der Waals surface area contributed by atoms with E-state index in [0.29, 0.717) is 5.88 Å². The van der Waals surface area contributed by atoms with Gasteiger partial charge in [-0.25, -0.2) is 4.98 Å². The van der Waals surface area contributed by atoms with Crippen molar-refractivity contribution in [3.05, 3.63) is 51.9 Å². The quantitative estimate of drug-likeness (QED) is 0.860. The molecule has 1 heterocycles. The van der Waals surface area contributed by atoms with Gasteiger partial charge in [0, 0.05) is 16.2 Å². The van der Waals surface area contributed by atoms with Gasteiger partial charge in [0.05, 0.1) is 0 Å². The lowest BCUT2D eigenvalue weighted by Gasteiger charge is -2.14. The van der Waals surface area contributed by atoms with Gasteiger partial charge in [-0.2, -0.15) is 4.98 Å². The fourth-order valence-corrected chi connectivity index (χ4v) is 1.99. The lowest BCUT2D eigenvalue weighted by Crippen LogP contribution is -2.05. The SMILES string of the molecule is Cc1cc(O[C@@H](C)c2ccc(Br)cc2)nc(C)n1. The van der Waals surface area contributed by atoms with Crippen molar-refractivity contribution < 1.29 is 4.74 Å². The Morgan fingerprint density at radius 3 is 2.39 bits per heavy atom. The highest BCUT2D eigenvalue weighted by molar-refractivity contribution is 9.10. The Morgan fingerprint density at radius 2 is 1.78 bits per heavy atom. The van der Waals surface area contributed by atoms with Crippen LogP contribution < -0.4 is 4.74 Å². The first-order chi connectivity index (χ1) is 8.54. The largest absolute Gasteiger partial charge is 0.470 e. The van der Waals surface area contributed by atoms with Crippen molar-refractivity contribution in [2.24, 2.45) is 0 Å². The third-order valence-corrected chi connectivity index (χ3v) is 3.11. The Kier molecular flexibility index (Phi) is 3.97. The van der Waals surface area contributed by atoms with Crippen LogP contribution in [-0.4, -0.2) is 9.97 Å². The number of aromatic nitrogens is 2. The zero-order valence-electron chi connectivity index (χ0n) is 10.6. The molecule has 0 amide bonds. The smallest absolute Gasteiger partial charge is 0.217 e. The first-order valence-electron chi connectivity index (χ1n) is 5.79. The minimum Gasteiger partial charge on any atom is -0.470 e. The molecule has 0 unspecified atom stereocenters. The Balaban J connectivity index is 2.15. The van der Waals surface area contributed by atoms with Crippen molar-refractivity contribution >= 4 is 15.9 Å². The topological polar surface area (TPSA) is 35.0 Å². The van der Waals surface area contributed by atoms with Crippen LogP contribution >= 0.6 is 15.9 Å². The Hall–Kier alpha value is -1.42. The lowest BCUT2D eigenvalue weighted by atomic mass is 10.1. The van der Waals surface area contributed by atoms with E-state index < -0.39 is 0 Å². The van der Waals surface area contributed by atoms with Crippen LogP contribution in [0, 0.1) is 13.8 Å². The molecular formula is C14H15BrN2O. The van der Waals surface area contributed by atoms with Gasteiger partial charge in [0.1, 0.15) is 11.9 Å². The molecule has 4 heteroatoms. The van der Waals surface area contributed by atoms with Gasteiger partial charge in [-0.1, -0.05) is 28.1 Å². The van der Waals surface area contributed by atoms with Gasteiger partial charge in [0.25, 0.3) is 0 Å². The van der Waals surface area contributed by atoms with Gasteiger partial charge < -0.3 is 4.74 Å². The molecule has 0 saturated carbocycles. The molecule has 0 bridgehead atoms. The molecule has 94 valence electrons. The van der Waals surface area contributed by atoms with Crippen molar-refractivity contribution in [3.63, 3.8) is 0 Å².